The molecule has 0 aromatic carbocycles. The number of nitrogens with zero attached hydrogens (tertiary/aromatic N) is 1. The van der Waals surface area contributed by atoms with Gasteiger partial charge in [-0.3, -0.25) is 0 Å². The van der Waals surface area contributed by atoms with Crippen LogP contribution in [0.4, 0.5) is 0 Å². The Morgan fingerprint density at radius 3 is 2.95 bits per heavy atom. The SMILES string of the molecule is CCNCc1sccc1S(=O)(=O)NC1CCN(C)C1. The molecular formula is C12H21N3O2S2. The molecule has 2 N–H and O–H groups in total. The Morgan fingerprint density at radius 1 is 1.53 bits per heavy atom. The van der Waals surface area contributed by atoms with Crippen LogP contribution in [0.5, 0.6) is 0 Å². The van der Waals surface area contributed by atoms with Crippen LogP contribution in [0.15, 0.2) is 16.3 Å². The largest absolute Gasteiger partial charge is 0.312 e. The third kappa shape index (κ3) is 3.76. The van der Waals surface area contributed by atoms with E-state index in [1.807, 2.05) is 19.4 Å². The van der Waals surface area contributed by atoms with Gasteiger partial charge in [-0.25, -0.2) is 13.1 Å². The summed E-state index contributed by atoms with van der Waals surface area (Å²) < 4.78 is 27.6. The Kier molecular flexibility index (Phi) is 4.97. The fourth-order valence-corrected chi connectivity index (χ4v) is 4.92. The van der Waals surface area contributed by atoms with Gasteiger partial charge in [-0.2, -0.15) is 0 Å². The van der Waals surface area contributed by atoms with Gasteiger partial charge in [-0.05, 0) is 38.0 Å². The molecule has 1 aromatic heterocycles. The zero-order valence-electron chi connectivity index (χ0n) is 11.3. The summed E-state index contributed by atoms with van der Waals surface area (Å²) in [5.41, 5.74) is 0. The molecule has 1 aliphatic heterocycles. The summed E-state index contributed by atoms with van der Waals surface area (Å²) in [6, 6.07) is 1.72. The van der Waals surface area contributed by atoms with E-state index in [0.717, 1.165) is 30.9 Å². The second kappa shape index (κ2) is 6.32. The monoisotopic (exact) mass is 303 g/mol. The van der Waals surface area contributed by atoms with Crippen molar-refractivity contribution in [3.63, 3.8) is 0 Å². The number of sulfonamides is 1. The van der Waals surface area contributed by atoms with Gasteiger partial charge in [0.15, 0.2) is 0 Å². The third-order valence-corrected chi connectivity index (χ3v) is 5.90. The first-order valence-corrected chi connectivity index (χ1v) is 8.87. The molecule has 1 aromatic rings. The molecule has 1 atom stereocenters. The fraction of sp³-hybridized carbons (Fsp3) is 0.667. The average molecular weight is 303 g/mol. The van der Waals surface area contributed by atoms with Gasteiger partial charge in [-0.15, -0.1) is 11.3 Å². The van der Waals surface area contributed by atoms with Crippen LogP contribution in [0, 0.1) is 0 Å². The van der Waals surface area contributed by atoms with E-state index < -0.39 is 10.0 Å². The van der Waals surface area contributed by atoms with Crippen molar-refractivity contribution < 1.29 is 8.42 Å². The molecule has 0 radical (unpaired) electrons. The number of rotatable bonds is 6. The summed E-state index contributed by atoms with van der Waals surface area (Å²) >= 11 is 1.48. The second-order valence-electron chi connectivity index (χ2n) is 4.86. The molecule has 7 heteroatoms. The number of likely N-dealkylation sites (N-methyl/N-ethyl adjacent to an activating group) is 1. The number of nitrogens with one attached hydrogen (secondary N) is 2. The molecule has 19 heavy (non-hydrogen) atoms. The van der Waals surface area contributed by atoms with Crippen molar-refractivity contribution in [2.24, 2.45) is 0 Å². The summed E-state index contributed by atoms with van der Waals surface area (Å²) in [5.74, 6) is 0. The van der Waals surface area contributed by atoms with Gasteiger partial charge < -0.3 is 10.2 Å². The standard InChI is InChI=1S/C12H21N3O2S2/c1-3-13-8-11-12(5-7-18-11)19(16,17)14-10-4-6-15(2)9-10/h5,7,10,13-14H,3-4,6,8-9H2,1-2H3. The maximum atomic E-state index is 12.4. The topological polar surface area (TPSA) is 61.4 Å². The average Bonchev–Trinajstić information content (AvgIpc) is 2.95. The molecule has 0 aliphatic carbocycles. The summed E-state index contributed by atoms with van der Waals surface area (Å²) in [6.07, 6.45) is 0.877. The predicted molar refractivity (Wildman–Crippen MR) is 77.9 cm³/mol. The Morgan fingerprint density at radius 2 is 2.32 bits per heavy atom. The molecule has 1 saturated heterocycles. The molecule has 2 rings (SSSR count). The first-order valence-electron chi connectivity index (χ1n) is 6.51. The predicted octanol–water partition coefficient (Wildman–Crippen LogP) is 0.840. The number of hydrogen-bond acceptors (Lipinski definition) is 5. The highest BCUT2D eigenvalue weighted by molar-refractivity contribution is 7.89. The van der Waals surface area contributed by atoms with Crippen LogP contribution in [0.1, 0.15) is 18.2 Å². The van der Waals surface area contributed by atoms with Crippen molar-refractivity contribution in [3.05, 3.63) is 16.3 Å². The zero-order valence-corrected chi connectivity index (χ0v) is 13.0. The van der Waals surface area contributed by atoms with Gasteiger partial charge in [0.25, 0.3) is 0 Å². The lowest BCUT2D eigenvalue weighted by atomic mass is 10.3. The minimum atomic E-state index is -3.39. The number of hydrogen-bond donors (Lipinski definition) is 2. The lowest BCUT2D eigenvalue weighted by molar-refractivity contribution is 0.407. The molecule has 1 fully saturated rings. The Hall–Kier alpha value is -0.470. The van der Waals surface area contributed by atoms with Crippen LogP contribution < -0.4 is 10.0 Å². The van der Waals surface area contributed by atoms with Crippen LogP contribution in [0.25, 0.3) is 0 Å². The summed E-state index contributed by atoms with van der Waals surface area (Å²) in [6.45, 7) is 5.18. The van der Waals surface area contributed by atoms with E-state index >= 15 is 0 Å². The van der Waals surface area contributed by atoms with Crippen LogP contribution in [-0.4, -0.2) is 46.0 Å². The lowest BCUT2D eigenvalue weighted by Crippen LogP contribution is -2.36. The van der Waals surface area contributed by atoms with E-state index in [-0.39, 0.29) is 6.04 Å². The smallest absolute Gasteiger partial charge is 0.242 e. The van der Waals surface area contributed by atoms with Crippen LogP contribution in [0.3, 0.4) is 0 Å². The van der Waals surface area contributed by atoms with Gasteiger partial charge in [-0.1, -0.05) is 6.92 Å². The fourth-order valence-electron chi connectivity index (χ4n) is 2.25. The van der Waals surface area contributed by atoms with E-state index in [0.29, 0.717) is 11.4 Å². The van der Waals surface area contributed by atoms with Gasteiger partial charge in [0, 0.05) is 24.0 Å². The van der Waals surface area contributed by atoms with Crippen LogP contribution >= 0.6 is 11.3 Å². The first-order chi connectivity index (χ1) is 9.03. The zero-order chi connectivity index (χ0) is 13.9. The van der Waals surface area contributed by atoms with Crippen molar-refractivity contribution in [2.45, 2.75) is 30.8 Å². The van der Waals surface area contributed by atoms with Crippen molar-refractivity contribution in [2.75, 3.05) is 26.7 Å². The highest BCUT2D eigenvalue weighted by Gasteiger charge is 2.27. The van der Waals surface area contributed by atoms with Crippen LogP contribution in [-0.2, 0) is 16.6 Å². The van der Waals surface area contributed by atoms with Crippen molar-refractivity contribution in [1.29, 1.82) is 0 Å². The Labute approximate surface area is 119 Å². The lowest BCUT2D eigenvalue weighted by Gasteiger charge is -2.13. The van der Waals surface area contributed by atoms with Gasteiger partial charge in [0.05, 0.1) is 4.90 Å². The number of thiophene rings is 1. The van der Waals surface area contributed by atoms with E-state index in [1.165, 1.54) is 11.3 Å². The minimum absolute atomic E-state index is 0.0295. The molecule has 0 saturated carbocycles. The molecule has 108 valence electrons. The van der Waals surface area contributed by atoms with E-state index in [9.17, 15) is 8.42 Å². The number of likely N-dealkylation sites (tertiary alicyclic amines) is 1. The minimum Gasteiger partial charge on any atom is -0.312 e. The highest BCUT2D eigenvalue weighted by atomic mass is 32.2. The highest BCUT2D eigenvalue weighted by Crippen LogP contribution is 2.22. The summed E-state index contributed by atoms with van der Waals surface area (Å²) in [4.78, 5) is 3.44. The molecule has 5 nitrogen and oxygen atoms in total. The van der Waals surface area contributed by atoms with Gasteiger partial charge in [0.2, 0.25) is 10.0 Å². The summed E-state index contributed by atoms with van der Waals surface area (Å²) in [7, 11) is -1.38. The van der Waals surface area contributed by atoms with Crippen molar-refractivity contribution in [3.8, 4) is 0 Å². The molecule has 0 bridgehead atoms. The molecule has 1 unspecified atom stereocenters. The molecule has 0 amide bonds. The summed E-state index contributed by atoms with van der Waals surface area (Å²) in [5, 5.41) is 5.01. The second-order valence-corrected chi connectivity index (χ2v) is 7.54. The maximum absolute atomic E-state index is 12.4. The van der Waals surface area contributed by atoms with Crippen LogP contribution in [0.2, 0.25) is 0 Å². The third-order valence-electron chi connectivity index (χ3n) is 3.24. The van der Waals surface area contributed by atoms with Crippen molar-refractivity contribution >= 4 is 21.4 Å². The normalized spacial score (nSPS) is 21.1. The van der Waals surface area contributed by atoms with E-state index in [1.54, 1.807) is 6.07 Å². The van der Waals surface area contributed by atoms with Gasteiger partial charge in [0.1, 0.15) is 0 Å². The molecule has 0 spiro atoms. The molecule has 2 heterocycles. The maximum Gasteiger partial charge on any atom is 0.242 e. The quantitative estimate of drug-likeness (QED) is 0.817. The van der Waals surface area contributed by atoms with E-state index in [4.69, 9.17) is 0 Å². The first kappa shape index (κ1) is 14.9. The Balaban J connectivity index is 2.08. The van der Waals surface area contributed by atoms with E-state index in [2.05, 4.69) is 14.9 Å². The molecule has 1 aliphatic rings. The van der Waals surface area contributed by atoms with Gasteiger partial charge >= 0.3 is 0 Å². The van der Waals surface area contributed by atoms with Crippen molar-refractivity contribution in [1.82, 2.24) is 14.9 Å². The Bertz CT molecular complexity index is 513. The molecular weight excluding hydrogens is 282 g/mol.